The number of hydrogen-bond donors (Lipinski definition) is 3. The summed E-state index contributed by atoms with van der Waals surface area (Å²) in [5, 5.41) is 28.3. The molecule has 0 heterocycles. The van der Waals surface area contributed by atoms with E-state index < -0.39 is 17.5 Å². The number of hydrogen-bond acceptors (Lipinski definition) is 3. The zero-order chi connectivity index (χ0) is 11.9. The average molecular weight is 287 g/mol. The summed E-state index contributed by atoms with van der Waals surface area (Å²) in [7, 11) is 0. The second kappa shape index (κ2) is 3.75. The SMILES string of the molecule is O=C(O)C(O)C1(c2c(O)cccc2Br)CC1. The average Bonchev–Trinajstić information content (AvgIpc) is 2.97. The first-order chi connectivity index (χ1) is 7.49. The Hall–Kier alpha value is -1.07. The van der Waals surface area contributed by atoms with E-state index in [-0.39, 0.29) is 5.75 Å². The Bertz CT molecular complexity index is 419. The first-order valence-electron chi connectivity index (χ1n) is 4.88. The minimum Gasteiger partial charge on any atom is -0.508 e. The molecule has 0 saturated heterocycles. The van der Waals surface area contributed by atoms with Crippen LogP contribution in [0.15, 0.2) is 22.7 Å². The maximum Gasteiger partial charge on any atom is 0.333 e. The van der Waals surface area contributed by atoms with Gasteiger partial charge in [-0.25, -0.2) is 4.79 Å². The number of carbonyl (C=O) groups is 1. The van der Waals surface area contributed by atoms with Gasteiger partial charge in [-0.15, -0.1) is 0 Å². The summed E-state index contributed by atoms with van der Waals surface area (Å²) in [5.74, 6) is -1.24. The van der Waals surface area contributed by atoms with Gasteiger partial charge in [0.05, 0.1) is 0 Å². The normalized spacial score (nSPS) is 19.1. The van der Waals surface area contributed by atoms with Crippen LogP contribution in [0.25, 0.3) is 0 Å². The predicted molar refractivity (Wildman–Crippen MR) is 60.4 cm³/mol. The van der Waals surface area contributed by atoms with Gasteiger partial charge in [0.1, 0.15) is 5.75 Å². The van der Waals surface area contributed by atoms with Gasteiger partial charge in [0.15, 0.2) is 6.10 Å². The van der Waals surface area contributed by atoms with E-state index in [4.69, 9.17) is 5.11 Å². The van der Waals surface area contributed by atoms with Crippen LogP contribution in [0.2, 0.25) is 0 Å². The van der Waals surface area contributed by atoms with Crippen LogP contribution in [0.1, 0.15) is 18.4 Å². The van der Waals surface area contributed by atoms with Crippen LogP contribution in [-0.2, 0) is 10.2 Å². The summed E-state index contributed by atoms with van der Waals surface area (Å²) in [6.07, 6.45) is -0.343. The highest BCUT2D eigenvalue weighted by Crippen LogP contribution is 2.55. The Morgan fingerprint density at radius 1 is 1.44 bits per heavy atom. The van der Waals surface area contributed by atoms with E-state index in [1.54, 1.807) is 12.1 Å². The third-order valence-electron chi connectivity index (χ3n) is 3.04. The monoisotopic (exact) mass is 286 g/mol. The van der Waals surface area contributed by atoms with E-state index >= 15 is 0 Å². The van der Waals surface area contributed by atoms with Crippen molar-refractivity contribution in [1.29, 1.82) is 0 Å². The molecular weight excluding hydrogens is 276 g/mol. The van der Waals surface area contributed by atoms with Crippen molar-refractivity contribution < 1.29 is 20.1 Å². The number of aromatic hydroxyl groups is 1. The van der Waals surface area contributed by atoms with Gasteiger partial charge in [-0.2, -0.15) is 0 Å². The van der Waals surface area contributed by atoms with Gasteiger partial charge in [0.25, 0.3) is 0 Å². The Labute approximate surface area is 101 Å². The van der Waals surface area contributed by atoms with Crippen molar-refractivity contribution in [1.82, 2.24) is 0 Å². The Kier molecular flexibility index (Phi) is 2.67. The highest BCUT2D eigenvalue weighted by molar-refractivity contribution is 9.10. The van der Waals surface area contributed by atoms with Crippen molar-refractivity contribution in [2.45, 2.75) is 24.4 Å². The van der Waals surface area contributed by atoms with E-state index in [9.17, 15) is 15.0 Å². The lowest BCUT2D eigenvalue weighted by Crippen LogP contribution is -2.34. The molecule has 1 aliphatic carbocycles. The molecule has 1 fully saturated rings. The number of phenolic OH excluding ortho intramolecular Hbond substituents is 1. The molecule has 0 amide bonds. The molecule has 1 unspecified atom stereocenters. The zero-order valence-corrected chi connectivity index (χ0v) is 9.94. The molecule has 5 heteroatoms. The lowest BCUT2D eigenvalue weighted by atomic mass is 9.89. The summed E-state index contributed by atoms with van der Waals surface area (Å²) in [4.78, 5) is 10.8. The topological polar surface area (TPSA) is 77.8 Å². The Balaban J connectivity index is 2.48. The van der Waals surface area contributed by atoms with E-state index in [0.29, 0.717) is 22.9 Å². The molecular formula is C11H11BrO4. The minimum atomic E-state index is -1.47. The van der Waals surface area contributed by atoms with E-state index in [1.807, 2.05) is 0 Å². The summed E-state index contributed by atoms with van der Waals surface area (Å²) in [6, 6.07) is 4.88. The van der Waals surface area contributed by atoms with Crippen molar-refractivity contribution >= 4 is 21.9 Å². The molecule has 1 aliphatic rings. The first-order valence-corrected chi connectivity index (χ1v) is 5.67. The van der Waals surface area contributed by atoms with Crippen LogP contribution in [0.3, 0.4) is 0 Å². The Morgan fingerprint density at radius 3 is 2.50 bits per heavy atom. The summed E-state index contributed by atoms with van der Waals surface area (Å²) >= 11 is 3.28. The number of aliphatic hydroxyl groups is 1. The van der Waals surface area contributed by atoms with Crippen LogP contribution in [-0.4, -0.2) is 27.4 Å². The lowest BCUT2D eigenvalue weighted by Gasteiger charge is -2.21. The smallest absolute Gasteiger partial charge is 0.333 e. The van der Waals surface area contributed by atoms with Crippen molar-refractivity contribution in [3.05, 3.63) is 28.2 Å². The van der Waals surface area contributed by atoms with Crippen molar-refractivity contribution in [2.24, 2.45) is 0 Å². The van der Waals surface area contributed by atoms with E-state index in [1.165, 1.54) is 6.07 Å². The molecule has 16 heavy (non-hydrogen) atoms. The van der Waals surface area contributed by atoms with Crippen LogP contribution in [0.5, 0.6) is 5.75 Å². The summed E-state index contributed by atoms with van der Waals surface area (Å²) < 4.78 is 0.630. The lowest BCUT2D eigenvalue weighted by molar-refractivity contribution is -0.148. The third-order valence-corrected chi connectivity index (χ3v) is 3.70. The van der Waals surface area contributed by atoms with Crippen molar-refractivity contribution in [3.8, 4) is 5.75 Å². The van der Waals surface area contributed by atoms with Gasteiger partial charge in [-0.05, 0) is 25.0 Å². The van der Waals surface area contributed by atoms with E-state index in [0.717, 1.165) is 0 Å². The van der Waals surface area contributed by atoms with Crippen LogP contribution < -0.4 is 0 Å². The van der Waals surface area contributed by atoms with Gasteiger partial charge in [-0.1, -0.05) is 22.0 Å². The molecule has 3 N–H and O–H groups in total. The number of benzene rings is 1. The number of carboxylic acid groups (broad SMARTS) is 1. The van der Waals surface area contributed by atoms with Gasteiger partial charge >= 0.3 is 5.97 Å². The third kappa shape index (κ3) is 1.60. The first kappa shape index (κ1) is 11.4. The molecule has 0 aromatic heterocycles. The molecule has 0 radical (unpaired) electrons. The molecule has 4 nitrogen and oxygen atoms in total. The molecule has 0 aliphatic heterocycles. The van der Waals surface area contributed by atoms with Crippen LogP contribution in [0.4, 0.5) is 0 Å². The van der Waals surface area contributed by atoms with Crippen LogP contribution >= 0.6 is 15.9 Å². The molecule has 0 spiro atoms. The molecule has 2 rings (SSSR count). The summed E-state index contributed by atoms with van der Waals surface area (Å²) in [5.41, 5.74) is -0.347. The molecule has 1 saturated carbocycles. The van der Waals surface area contributed by atoms with Crippen molar-refractivity contribution in [3.63, 3.8) is 0 Å². The quantitative estimate of drug-likeness (QED) is 0.789. The number of aliphatic carboxylic acids is 1. The fourth-order valence-corrected chi connectivity index (χ4v) is 2.79. The fraction of sp³-hybridized carbons (Fsp3) is 0.364. The standard InChI is InChI=1S/C11H11BrO4/c12-6-2-1-3-7(13)8(6)11(4-5-11)9(14)10(15)16/h1-3,9,13-14H,4-5H2,(H,15,16). The number of aliphatic hydroxyl groups excluding tert-OH is 1. The number of carboxylic acids is 1. The maximum atomic E-state index is 10.8. The second-order valence-corrected chi connectivity index (χ2v) is 4.89. The fourth-order valence-electron chi connectivity index (χ4n) is 2.04. The largest absolute Gasteiger partial charge is 0.508 e. The minimum absolute atomic E-state index is 0.0205. The Morgan fingerprint density at radius 2 is 2.06 bits per heavy atom. The second-order valence-electron chi connectivity index (χ2n) is 4.03. The molecule has 1 atom stereocenters. The number of rotatable bonds is 3. The van der Waals surface area contributed by atoms with Crippen molar-refractivity contribution in [2.75, 3.05) is 0 Å². The van der Waals surface area contributed by atoms with Gasteiger partial charge < -0.3 is 15.3 Å². The summed E-state index contributed by atoms with van der Waals surface area (Å²) in [6.45, 7) is 0. The molecule has 86 valence electrons. The van der Waals surface area contributed by atoms with E-state index in [2.05, 4.69) is 15.9 Å². The molecule has 1 aromatic carbocycles. The van der Waals surface area contributed by atoms with Crippen LogP contribution in [0, 0.1) is 0 Å². The number of phenols is 1. The molecule has 1 aromatic rings. The molecule has 0 bridgehead atoms. The van der Waals surface area contributed by atoms with Gasteiger partial charge in [0.2, 0.25) is 0 Å². The maximum absolute atomic E-state index is 10.8. The zero-order valence-electron chi connectivity index (χ0n) is 8.35. The van der Waals surface area contributed by atoms with Gasteiger partial charge in [0, 0.05) is 15.5 Å². The highest BCUT2D eigenvalue weighted by atomic mass is 79.9. The number of halogens is 1. The van der Waals surface area contributed by atoms with Gasteiger partial charge in [-0.3, -0.25) is 0 Å². The predicted octanol–water partition coefficient (Wildman–Crippen LogP) is 1.63. The highest BCUT2D eigenvalue weighted by Gasteiger charge is 2.55.